The van der Waals surface area contributed by atoms with E-state index in [0.29, 0.717) is 37.1 Å². The van der Waals surface area contributed by atoms with Crippen molar-refractivity contribution >= 4 is 16.9 Å². The lowest BCUT2D eigenvalue weighted by atomic mass is 10.1. The fourth-order valence-electron chi connectivity index (χ4n) is 2.24. The molecule has 0 spiro atoms. The van der Waals surface area contributed by atoms with Gasteiger partial charge in [-0.25, -0.2) is 4.79 Å². The number of carbonyl (C=O) groups is 1. The average Bonchev–Trinajstić information content (AvgIpc) is 2.56. The molecule has 124 valence electrons. The smallest absolute Gasteiger partial charge is 0.490 e. The molecule has 0 bridgehead atoms. The van der Waals surface area contributed by atoms with Crippen LogP contribution in [0.2, 0.25) is 0 Å². The van der Waals surface area contributed by atoms with Crippen molar-refractivity contribution in [2.24, 2.45) is 0 Å². The van der Waals surface area contributed by atoms with Gasteiger partial charge in [-0.2, -0.15) is 0 Å². The molecular formula is C18H22O5. The molecule has 0 unspecified atom stereocenters. The molecule has 2 aromatic carbocycles. The number of fused-ring (bicyclic) bond motifs is 1. The van der Waals surface area contributed by atoms with Crippen LogP contribution in [0.25, 0.3) is 10.8 Å². The molecule has 2 rings (SSSR count). The van der Waals surface area contributed by atoms with Gasteiger partial charge < -0.3 is 18.9 Å². The van der Waals surface area contributed by atoms with Gasteiger partial charge in [0.15, 0.2) is 11.5 Å². The van der Waals surface area contributed by atoms with Crippen molar-refractivity contribution in [1.82, 2.24) is 0 Å². The van der Waals surface area contributed by atoms with Crippen LogP contribution in [0, 0.1) is 0 Å². The highest BCUT2D eigenvalue weighted by Crippen LogP contribution is 2.41. The Hall–Kier alpha value is -2.43. The Balaban J connectivity index is 2.47. The Morgan fingerprint density at radius 3 is 2.30 bits per heavy atom. The predicted octanol–water partition coefficient (Wildman–Crippen LogP) is 4.56. The first-order valence-corrected chi connectivity index (χ1v) is 7.87. The van der Waals surface area contributed by atoms with E-state index in [2.05, 4.69) is 0 Å². The largest absolute Gasteiger partial charge is 0.513 e. The van der Waals surface area contributed by atoms with E-state index in [1.807, 2.05) is 45.0 Å². The van der Waals surface area contributed by atoms with Gasteiger partial charge in [0.1, 0.15) is 5.75 Å². The molecule has 0 saturated carbocycles. The van der Waals surface area contributed by atoms with Crippen LogP contribution in [-0.2, 0) is 4.74 Å². The summed E-state index contributed by atoms with van der Waals surface area (Å²) in [6.07, 6.45) is 0.0205. The maximum Gasteiger partial charge on any atom is 0.513 e. The summed E-state index contributed by atoms with van der Waals surface area (Å²) in [4.78, 5) is 11.8. The second kappa shape index (κ2) is 8.27. The van der Waals surface area contributed by atoms with Crippen LogP contribution in [0.5, 0.6) is 17.2 Å². The van der Waals surface area contributed by atoms with E-state index in [-0.39, 0.29) is 0 Å². The standard InChI is InChI=1S/C18H22O5/c1-4-11-22-18(19)23-15-12-16(20-5-2)17(21-6-3)14-10-8-7-9-13(14)15/h7-10,12H,4-6,11H2,1-3H3. The maximum absolute atomic E-state index is 11.8. The Labute approximate surface area is 136 Å². The number of hydrogen-bond donors (Lipinski definition) is 0. The van der Waals surface area contributed by atoms with Crippen LogP contribution in [0.4, 0.5) is 4.79 Å². The molecule has 0 fully saturated rings. The van der Waals surface area contributed by atoms with Gasteiger partial charge in [-0.05, 0) is 20.3 Å². The van der Waals surface area contributed by atoms with Crippen molar-refractivity contribution in [2.75, 3.05) is 19.8 Å². The topological polar surface area (TPSA) is 54.0 Å². The Kier molecular flexibility index (Phi) is 6.09. The summed E-state index contributed by atoms with van der Waals surface area (Å²) in [6, 6.07) is 9.23. The highest BCUT2D eigenvalue weighted by atomic mass is 16.7. The van der Waals surface area contributed by atoms with Crippen LogP contribution in [0.15, 0.2) is 30.3 Å². The molecule has 0 atom stereocenters. The van der Waals surface area contributed by atoms with Gasteiger partial charge in [0, 0.05) is 16.8 Å². The Bertz CT molecular complexity index is 666. The zero-order chi connectivity index (χ0) is 16.7. The predicted molar refractivity (Wildman–Crippen MR) is 88.6 cm³/mol. The lowest BCUT2D eigenvalue weighted by Crippen LogP contribution is -2.11. The molecule has 2 aromatic rings. The van der Waals surface area contributed by atoms with Gasteiger partial charge in [-0.3, -0.25) is 0 Å². The third-order valence-electron chi connectivity index (χ3n) is 3.13. The van der Waals surface area contributed by atoms with E-state index in [4.69, 9.17) is 18.9 Å². The first-order valence-electron chi connectivity index (χ1n) is 7.87. The zero-order valence-electron chi connectivity index (χ0n) is 13.8. The quantitative estimate of drug-likeness (QED) is 0.553. The molecule has 5 nitrogen and oxygen atoms in total. The summed E-state index contributed by atoms with van der Waals surface area (Å²) in [6.45, 7) is 7.05. The lowest BCUT2D eigenvalue weighted by molar-refractivity contribution is 0.0995. The minimum absolute atomic E-state index is 0.326. The highest BCUT2D eigenvalue weighted by Gasteiger charge is 2.17. The average molecular weight is 318 g/mol. The number of ether oxygens (including phenoxy) is 4. The number of hydrogen-bond acceptors (Lipinski definition) is 5. The van der Waals surface area contributed by atoms with Crippen molar-refractivity contribution < 1.29 is 23.7 Å². The molecule has 0 heterocycles. The lowest BCUT2D eigenvalue weighted by Gasteiger charge is -2.16. The molecule has 0 N–H and O–H groups in total. The van der Waals surface area contributed by atoms with Crippen molar-refractivity contribution in [2.45, 2.75) is 27.2 Å². The Morgan fingerprint density at radius 1 is 0.957 bits per heavy atom. The molecule has 0 aliphatic rings. The van der Waals surface area contributed by atoms with E-state index < -0.39 is 6.16 Å². The number of carbonyl (C=O) groups excluding carboxylic acids is 1. The van der Waals surface area contributed by atoms with Gasteiger partial charge >= 0.3 is 6.16 Å². The minimum Gasteiger partial charge on any atom is -0.490 e. The third kappa shape index (κ3) is 4.06. The summed E-state index contributed by atoms with van der Waals surface area (Å²) >= 11 is 0. The van der Waals surface area contributed by atoms with Crippen LogP contribution in [-0.4, -0.2) is 26.0 Å². The second-order valence-corrected chi connectivity index (χ2v) is 4.81. The van der Waals surface area contributed by atoms with Gasteiger partial charge in [0.25, 0.3) is 0 Å². The molecule has 0 saturated heterocycles. The van der Waals surface area contributed by atoms with Gasteiger partial charge in [0.05, 0.1) is 19.8 Å². The van der Waals surface area contributed by atoms with Crippen LogP contribution in [0.1, 0.15) is 27.2 Å². The van der Waals surface area contributed by atoms with E-state index in [9.17, 15) is 4.79 Å². The molecular weight excluding hydrogens is 296 g/mol. The van der Waals surface area contributed by atoms with Gasteiger partial charge in [-0.15, -0.1) is 0 Å². The maximum atomic E-state index is 11.8. The fourth-order valence-corrected chi connectivity index (χ4v) is 2.24. The summed E-state index contributed by atoms with van der Waals surface area (Å²) < 4.78 is 21.7. The van der Waals surface area contributed by atoms with E-state index >= 15 is 0 Å². The molecule has 0 radical (unpaired) electrons. The number of benzene rings is 2. The van der Waals surface area contributed by atoms with Crippen LogP contribution >= 0.6 is 0 Å². The van der Waals surface area contributed by atoms with E-state index in [1.54, 1.807) is 6.07 Å². The monoisotopic (exact) mass is 318 g/mol. The molecule has 0 aliphatic carbocycles. The van der Waals surface area contributed by atoms with Crippen molar-refractivity contribution in [3.63, 3.8) is 0 Å². The van der Waals surface area contributed by atoms with Crippen molar-refractivity contribution in [3.8, 4) is 17.2 Å². The van der Waals surface area contributed by atoms with Crippen LogP contribution < -0.4 is 14.2 Å². The van der Waals surface area contributed by atoms with Crippen molar-refractivity contribution in [1.29, 1.82) is 0 Å². The van der Waals surface area contributed by atoms with Crippen LogP contribution in [0.3, 0.4) is 0 Å². The number of rotatable bonds is 7. The highest BCUT2D eigenvalue weighted by molar-refractivity contribution is 5.96. The van der Waals surface area contributed by atoms with E-state index in [0.717, 1.165) is 17.2 Å². The van der Waals surface area contributed by atoms with E-state index in [1.165, 1.54) is 0 Å². The summed E-state index contributed by atoms with van der Waals surface area (Å²) in [5.41, 5.74) is 0. The molecule has 5 heteroatoms. The zero-order valence-corrected chi connectivity index (χ0v) is 13.8. The molecule has 0 aliphatic heterocycles. The first-order chi connectivity index (χ1) is 11.2. The molecule has 0 amide bonds. The van der Waals surface area contributed by atoms with Crippen molar-refractivity contribution in [3.05, 3.63) is 30.3 Å². The molecule has 0 aromatic heterocycles. The normalized spacial score (nSPS) is 10.4. The summed E-state index contributed by atoms with van der Waals surface area (Å²) in [5.74, 6) is 1.60. The fraction of sp³-hybridized carbons (Fsp3) is 0.389. The minimum atomic E-state index is -0.719. The Morgan fingerprint density at radius 2 is 1.65 bits per heavy atom. The molecule has 23 heavy (non-hydrogen) atoms. The first kappa shape index (κ1) is 16.9. The second-order valence-electron chi connectivity index (χ2n) is 4.81. The SMILES string of the molecule is CCCOC(=O)Oc1cc(OCC)c(OCC)c2ccccc12. The summed E-state index contributed by atoms with van der Waals surface area (Å²) in [7, 11) is 0. The van der Waals surface area contributed by atoms with Gasteiger partial charge in [-0.1, -0.05) is 31.2 Å². The van der Waals surface area contributed by atoms with Gasteiger partial charge in [0.2, 0.25) is 0 Å². The summed E-state index contributed by atoms with van der Waals surface area (Å²) in [5, 5.41) is 1.60. The third-order valence-corrected chi connectivity index (χ3v) is 3.13.